The molecule has 0 bridgehead atoms. The summed E-state index contributed by atoms with van der Waals surface area (Å²) >= 11 is 14.5. The molecule has 1 saturated heterocycles. The Hall–Kier alpha value is -2.65. The van der Waals surface area contributed by atoms with Gasteiger partial charge >= 0.3 is 5.97 Å². The van der Waals surface area contributed by atoms with Gasteiger partial charge in [0.05, 0.1) is 49.7 Å². The first-order valence-electron chi connectivity index (χ1n) is 12.8. The van der Waals surface area contributed by atoms with E-state index in [4.69, 9.17) is 32.5 Å². The third-order valence-corrected chi connectivity index (χ3v) is 9.58. The zero-order valence-electron chi connectivity index (χ0n) is 20.5. The molecule has 1 unspecified atom stereocenters. The van der Waals surface area contributed by atoms with Gasteiger partial charge < -0.3 is 19.3 Å². The topological polar surface area (TPSA) is 88.7 Å². The van der Waals surface area contributed by atoms with Crippen LogP contribution in [0.4, 0.5) is 5.69 Å². The Bertz CT molecular complexity index is 1540. The van der Waals surface area contributed by atoms with Crippen LogP contribution in [0.5, 0.6) is 0 Å². The number of carboxylic acids is 1. The molecule has 1 spiro atoms. The van der Waals surface area contributed by atoms with E-state index in [1.54, 1.807) is 11.6 Å². The number of fused-ring (bicyclic) bond motifs is 1. The molecule has 7 rings (SSSR count). The van der Waals surface area contributed by atoms with E-state index < -0.39 is 5.97 Å². The van der Waals surface area contributed by atoms with Crippen molar-refractivity contribution in [3.8, 4) is 11.3 Å². The van der Waals surface area contributed by atoms with Gasteiger partial charge in [-0.3, -0.25) is 0 Å². The Morgan fingerprint density at radius 2 is 2.00 bits per heavy atom. The second-order valence-electron chi connectivity index (χ2n) is 10.6. The highest BCUT2D eigenvalue weighted by molar-refractivity contribution is 7.16. The largest absolute Gasteiger partial charge is 0.478 e. The molecule has 1 atom stereocenters. The summed E-state index contributed by atoms with van der Waals surface area (Å²) in [5.41, 5.74) is 5.94. The molecule has 3 heterocycles. The zero-order valence-corrected chi connectivity index (χ0v) is 22.8. The van der Waals surface area contributed by atoms with E-state index in [0.29, 0.717) is 45.9 Å². The van der Waals surface area contributed by atoms with E-state index in [1.165, 1.54) is 11.3 Å². The van der Waals surface area contributed by atoms with E-state index >= 15 is 0 Å². The van der Waals surface area contributed by atoms with Crippen LogP contribution < -0.4 is 4.90 Å². The van der Waals surface area contributed by atoms with E-state index in [9.17, 15) is 9.90 Å². The normalized spacial score (nSPS) is 20.4. The number of carbonyl (C=O) groups is 1. The Kier molecular flexibility index (Phi) is 5.92. The lowest BCUT2D eigenvalue weighted by Crippen LogP contribution is -2.46. The number of benzene rings is 2. The van der Waals surface area contributed by atoms with E-state index in [0.717, 1.165) is 65.9 Å². The van der Waals surface area contributed by atoms with Crippen LogP contribution in [0.25, 0.3) is 21.5 Å². The van der Waals surface area contributed by atoms with Gasteiger partial charge in [0.15, 0.2) is 0 Å². The highest BCUT2D eigenvalue weighted by atomic mass is 35.5. The van der Waals surface area contributed by atoms with Crippen LogP contribution in [0.15, 0.2) is 40.4 Å². The smallest absolute Gasteiger partial charge is 0.337 e. The van der Waals surface area contributed by atoms with Gasteiger partial charge in [0.25, 0.3) is 0 Å². The van der Waals surface area contributed by atoms with Gasteiger partial charge in [-0.1, -0.05) is 34.4 Å². The maximum Gasteiger partial charge on any atom is 0.337 e. The second-order valence-corrected chi connectivity index (χ2v) is 12.3. The SMILES string of the molecule is O=C(O)c1cc2scnc2cc1N1CCC(OCc2c(-c3c(Cl)cccc3Cl)noc2C2CC2)C2(CC2)C1. The maximum atomic E-state index is 12.1. The molecule has 1 aliphatic heterocycles. The first kappa shape index (κ1) is 24.4. The number of carboxylic acid groups (broad SMARTS) is 1. The summed E-state index contributed by atoms with van der Waals surface area (Å²) in [6.07, 6.45) is 5.13. The Labute approximate surface area is 233 Å². The molecule has 0 radical (unpaired) electrons. The first-order chi connectivity index (χ1) is 18.4. The number of nitrogens with zero attached hydrogens (tertiary/aromatic N) is 3. The predicted octanol–water partition coefficient (Wildman–Crippen LogP) is 7.41. The van der Waals surface area contributed by atoms with Gasteiger partial charge in [0.1, 0.15) is 11.5 Å². The fourth-order valence-corrected chi connectivity index (χ4v) is 7.08. The fourth-order valence-electron chi connectivity index (χ4n) is 5.80. The summed E-state index contributed by atoms with van der Waals surface area (Å²) in [7, 11) is 0. The van der Waals surface area contributed by atoms with Crippen LogP contribution in [-0.4, -0.2) is 40.4 Å². The van der Waals surface area contributed by atoms with E-state index in [1.807, 2.05) is 24.3 Å². The lowest BCUT2D eigenvalue weighted by molar-refractivity contribution is -0.0209. The minimum absolute atomic E-state index is 0.00413. The molecule has 4 aromatic rings. The zero-order chi connectivity index (χ0) is 26.0. The Balaban J connectivity index is 1.14. The van der Waals surface area contributed by atoms with Crippen LogP contribution in [0, 0.1) is 5.41 Å². The number of anilines is 1. The first-order valence-corrected chi connectivity index (χ1v) is 14.5. The van der Waals surface area contributed by atoms with Gasteiger partial charge in [0, 0.05) is 35.5 Å². The van der Waals surface area contributed by atoms with Crippen molar-refractivity contribution in [1.29, 1.82) is 0 Å². The van der Waals surface area contributed by atoms with E-state index in [-0.39, 0.29) is 11.5 Å². The molecule has 38 heavy (non-hydrogen) atoms. The van der Waals surface area contributed by atoms with Crippen molar-refractivity contribution in [3.05, 3.63) is 62.8 Å². The van der Waals surface area contributed by atoms with Crippen molar-refractivity contribution in [2.75, 3.05) is 18.0 Å². The fraction of sp³-hybridized carbons (Fsp3) is 0.393. The van der Waals surface area contributed by atoms with Crippen molar-refractivity contribution in [2.45, 2.75) is 50.7 Å². The summed E-state index contributed by atoms with van der Waals surface area (Å²) in [5, 5.41) is 15.4. The molecule has 3 aliphatic rings. The Morgan fingerprint density at radius 3 is 2.71 bits per heavy atom. The monoisotopic (exact) mass is 569 g/mol. The average molecular weight is 570 g/mol. The molecule has 7 nitrogen and oxygen atoms in total. The molecule has 196 valence electrons. The minimum Gasteiger partial charge on any atom is -0.478 e. The maximum absolute atomic E-state index is 12.1. The molecular formula is C28H25Cl2N3O4S. The number of halogens is 2. The average Bonchev–Trinajstić information content (AvgIpc) is 3.80. The summed E-state index contributed by atoms with van der Waals surface area (Å²) < 4.78 is 13.3. The number of rotatable bonds is 7. The molecule has 0 amide bonds. The molecule has 1 N–H and O–H groups in total. The summed E-state index contributed by atoms with van der Waals surface area (Å²) in [5.74, 6) is 0.327. The number of thiazole rings is 1. The molecular weight excluding hydrogens is 545 g/mol. The van der Waals surface area contributed by atoms with Crippen LogP contribution in [0.1, 0.15) is 59.7 Å². The molecule has 3 fully saturated rings. The number of piperidine rings is 1. The van der Waals surface area contributed by atoms with Gasteiger partial charge in [-0.2, -0.15) is 0 Å². The minimum atomic E-state index is -0.913. The molecule has 2 saturated carbocycles. The quantitative estimate of drug-likeness (QED) is 0.248. The van der Waals surface area contributed by atoms with Crippen molar-refractivity contribution in [3.63, 3.8) is 0 Å². The standard InChI is InChI=1S/C28H25Cl2N3O4S/c29-18-2-1-3-19(30)24(18)25-17(26(37-32-25)15-4-5-15)12-36-23-6-9-33(13-28(23)7-8-28)21-11-20-22(38-14-31-20)10-16(21)27(34)35/h1-3,10-11,14-15,23H,4-9,12-13H2,(H,34,35). The van der Waals surface area contributed by atoms with Crippen LogP contribution in [0.2, 0.25) is 10.0 Å². The third kappa shape index (κ3) is 4.18. The van der Waals surface area contributed by atoms with Crippen LogP contribution in [0.3, 0.4) is 0 Å². The summed E-state index contributed by atoms with van der Waals surface area (Å²) in [6, 6.07) is 9.10. The number of aromatic carboxylic acids is 1. The lowest BCUT2D eigenvalue weighted by atomic mass is 9.90. The Morgan fingerprint density at radius 1 is 1.21 bits per heavy atom. The number of hydrogen-bond donors (Lipinski definition) is 1. The van der Waals surface area contributed by atoms with Crippen LogP contribution in [-0.2, 0) is 11.3 Å². The molecule has 10 heteroatoms. The molecule has 2 aromatic heterocycles. The van der Waals surface area contributed by atoms with Gasteiger partial charge in [-0.05, 0) is 56.4 Å². The third-order valence-electron chi connectivity index (χ3n) is 8.16. The van der Waals surface area contributed by atoms with Crippen LogP contribution >= 0.6 is 34.5 Å². The number of hydrogen-bond acceptors (Lipinski definition) is 7. The highest BCUT2D eigenvalue weighted by Gasteiger charge is 2.53. The van der Waals surface area contributed by atoms with E-state index in [2.05, 4.69) is 15.0 Å². The van der Waals surface area contributed by atoms with Gasteiger partial charge in [-0.25, -0.2) is 9.78 Å². The van der Waals surface area contributed by atoms with Crippen molar-refractivity contribution >= 4 is 56.4 Å². The summed E-state index contributed by atoms with van der Waals surface area (Å²) in [4.78, 5) is 18.7. The van der Waals surface area contributed by atoms with Gasteiger partial charge in [-0.15, -0.1) is 11.3 Å². The van der Waals surface area contributed by atoms with Gasteiger partial charge in [0.2, 0.25) is 0 Å². The van der Waals surface area contributed by atoms with Crippen molar-refractivity contribution < 1.29 is 19.2 Å². The number of aromatic nitrogens is 2. The molecule has 2 aliphatic carbocycles. The summed E-state index contributed by atoms with van der Waals surface area (Å²) in [6.45, 7) is 1.85. The highest BCUT2D eigenvalue weighted by Crippen LogP contribution is 2.55. The van der Waals surface area contributed by atoms with Crippen molar-refractivity contribution in [1.82, 2.24) is 10.1 Å². The molecule has 2 aromatic carbocycles. The van der Waals surface area contributed by atoms with Crippen molar-refractivity contribution in [2.24, 2.45) is 5.41 Å². The second kappa shape index (κ2) is 9.23. The number of ether oxygens (including phenoxy) is 1. The lowest BCUT2D eigenvalue weighted by Gasteiger charge is -2.40. The predicted molar refractivity (Wildman–Crippen MR) is 148 cm³/mol.